The van der Waals surface area contributed by atoms with Crippen LogP contribution in [0.2, 0.25) is 0 Å². The molecule has 1 heterocycles. The van der Waals surface area contributed by atoms with Gasteiger partial charge in [-0.1, -0.05) is 6.92 Å². The van der Waals surface area contributed by atoms with E-state index in [9.17, 15) is 0 Å². The van der Waals surface area contributed by atoms with Crippen molar-refractivity contribution in [1.29, 1.82) is 0 Å². The quantitative estimate of drug-likeness (QED) is 0.703. The maximum absolute atomic E-state index is 3.52. The van der Waals surface area contributed by atoms with E-state index in [1.165, 1.54) is 24.1 Å². The summed E-state index contributed by atoms with van der Waals surface area (Å²) in [7, 11) is 2.02. The minimum absolute atomic E-state index is 0.297. The van der Waals surface area contributed by atoms with Crippen LogP contribution in [-0.2, 0) is 0 Å². The maximum Gasteiger partial charge on any atom is 0.0385 e. The summed E-state index contributed by atoms with van der Waals surface area (Å²) in [5, 5.41) is 6.78. The minimum Gasteiger partial charge on any atom is -0.384 e. The molecule has 0 bridgehead atoms. The van der Waals surface area contributed by atoms with Crippen LogP contribution in [-0.4, -0.2) is 20.1 Å². The zero-order chi connectivity index (χ0) is 11.4. The van der Waals surface area contributed by atoms with Crippen molar-refractivity contribution in [1.82, 2.24) is 10.6 Å². The van der Waals surface area contributed by atoms with Crippen LogP contribution in [0.1, 0.15) is 19.8 Å². The number of nitrogens with one attached hydrogen (secondary N) is 2. The number of allylic oxidation sites excluding steroid dienone is 4. The summed E-state index contributed by atoms with van der Waals surface area (Å²) in [6.07, 6.45) is 10.7. The van der Waals surface area contributed by atoms with Gasteiger partial charge >= 0.3 is 0 Å². The van der Waals surface area contributed by atoms with Gasteiger partial charge in [0.15, 0.2) is 0 Å². The molecule has 1 atom stereocenters. The van der Waals surface area contributed by atoms with E-state index in [1.807, 2.05) is 19.2 Å². The van der Waals surface area contributed by atoms with E-state index in [2.05, 4.69) is 35.4 Å². The molecule has 2 heteroatoms. The minimum atomic E-state index is 0.297. The fourth-order valence-electron chi connectivity index (χ4n) is 2.55. The monoisotopic (exact) mass is 216 g/mol. The van der Waals surface area contributed by atoms with Crippen LogP contribution in [0, 0.1) is 5.41 Å². The lowest BCUT2D eigenvalue weighted by molar-refractivity contribution is 0.342. The first kappa shape index (κ1) is 11.3. The lowest BCUT2D eigenvalue weighted by atomic mass is 9.76. The third-order valence-electron chi connectivity index (χ3n) is 3.70. The first-order valence-corrected chi connectivity index (χ1v) is 6.05. The molecule has 2 N–H and O–H groups in total. The fourth-order valence-corrected chi connectivity index (χ4v) is 2.55. The van der Waals surface area contributed by atoms with Crippen LogP contribution in [0.25, 0.3) is 0 Å². The Balaban J connectivity index is 2.28. The summed E-state index contributed by atoms with van der Waals surface area (Å²) in [6.45, 7) is 4.41. The molecule has 2 aliphatic rings. The highest BCUT2D eigenvalue weighted by atomic mass is 15.0. The summed E-state index contributed by atoms with van der Waals surface area (Å²) in [5.41, 5.74) is 6.16. The summed E-state index contributed by atoms with van der Waals surface area (Å²) in [6, 6.07) is 0. The highest BCUT2D eigenvalue weighted by molar-refractivity contribution is 5.45. The third kappa shape index (κ3) is 1.87. The van der Waals surface area contributed by atoms with Crippen LogP contribution in [0.3, 0.4) is 0 Å². The third-order valence-corrected chi connectivity index (χ3v) is 3.70. The Hall–Kier alpha value is -1.24. The molecule has 0 spiro atoms. The average molecular weight is 216 g/mol. The molecule has 0 aromatic rings. The first-order valence-electron chi connectivity index (χ1n) is 6.05. The highest BCUT2D eigenvalue weighted by Gasteiger charge is 2.38. The highest BCUT2D eigenvalue weighted by Crippen LogP contribution is 2.42. The second kappa shape index (κ2) is 4.73. The molecule has 1 saturated heterocycles. The molecule has 0 aromatic carbocycles. The molecule has 1 fully saturated rings. The van der Waals surface area contributed by atoms with Crippen molar-refractivity contribution in [3.05, 3.63) is 41.3 Å². The standard InChI is InChI=1S/C14H20N2/c1-3-14(9-10-15-2)11-16-13-8-6-4-5-7-12(13)14/h5-8,15-16H,3,9-11H2,1-2H3. The predicted molar refractivity (Wildman–Crippen MR) is 68.1 cm³/mol. The van der Waals surface area contributed by atoms with Gasteiger partial charge in [0, 0.05) is 17.7 Å². The van der Waals surface area contributed by atoms with Crippen molar-refractivity contribution >= 4 is 0 Å². The van der Waals surface area contributed by atoms with Gasteiger partial charge in [-0.3, -0.25) is 0 Å². The molecule has 0 radical (unpaired) electrons. The lowest BCUT2D eigenvalue weighted by Gasteiger charge is -2.28. The first-order chi connectivity index (χ1) is 7.82. The van der Waals surface area contributed by atoms with Crippen molar-refractivity contribution < 1.29 is 0 Å². The maximum atomic E-state index is 3.52. The molecular formula is C14H20N2. The second-order valence-corrected chi connectivity index (χ2v) is 4.50. The molecule has 1 aliphatic carbocycles. The van der Waals surface area contributed by atoms with Gasteiger partial charge in [0.25, 0.3) is 0 Å². The van der Waals surface area contributed by atoms with Crippen molar-refractivity contribution in [2.24, 2.45) is 5.41 Å². The van der Waals surface area contributed by atoms with Crippen LogP contribution >= 0.6 is 0 Å². The van der Waals surface area contributed by atoms with E-state index in [0.717, 1.165) is 13.1 Å². The van der Waals surface area contributed by atoms with Gasteiger partial charge in [0.05, 0.1) is 0 Å². The number of rotatable bonds is 4. The molecule has 1 aliphatic heterocycles. The zero-order valence-electron chi connectivity index (χ0n) is 10.1. The second-order valence-electron chi connectivity index (χ2n) is 4.50. The van der Waals surface area contributed by atoms with Crippen LogP contribution in [0.5, 0.6) is 0 Å². The SMILES string of the molecule is CCC1(CCNC)CNC2=CC=C=CC=C21. The van der Waals surface area contributed by atoms with Gasteiger partial charge in [-0.15, -0.1) is 5.73 Å². The van der Waals surface area contributed by atoms with Gasteiger partial charge in [0.2, 0.25) is 0 Å². The van der Waals surface area contributed by atoms with E-state index in [1.54, 1.807) is 0 Å². The van der Waals surface area contributed by atoms with Gasteiger partial charge in [0.1, 0.15) is 0 Å². The molecule has 16 heavy (non-hydrogen) atoms. The van der Waals surface area contributed by atoms with Crippen molar-refractivity contribution in [2.45, 2.75) is 19.8 Å². The largest absolute Gasteiger partial charge is 0.384 e. The summed E-state index contributed by atoms with van der Waals surface area (Å²) in [4.78, 5) is 0. The van der Waals surface area contributed by atoms with Crippen molar-refractivity contribution in [2.75, 3.05) is 20.1 Å². The smallest absolute Gasteiger partial charge is 0.0385 e. The topological polar surface area (TPSA) is 24.1 Å². The van der Waals surface area contributed by atoms with E-state index < -0.39 is 0 Å². The lowest BCUT2D eigenvalue weighted by Crippen LogP contribution is -2.28. The molecule has 0 amide bonds. The summed E-state index contributed by atoms with van der Waals surface area (Å²) >= 11 is 0. The Bertz CT molecular complexity index is 384. The molecular weight excluding hydrogens is 196 g/mol. The summed E-state index contributed by atoms with van der Waals surface area (Å²) in [5.74, 6) is 0. The average Bonchev–Trinajstić information content (AvgIpc) is 2.51. The molecule has 0 aromatic heterocycles. The Morgan fingerprint density at radius 1 is 1.44 bits per heavy atom. The molecule has 0 saturated carbocycles. The van der Waals surface area contributed by atoms with E-state index in [-0.39, 0.29) is 0 Å². The fraction of sp³-hybridized carbons (Fsp3) is 0.500. The molecule has 1 unspecified atom stereocenters. The predicted octanol–water partition coefficient (Wildman–Crippen LogP) is 2.13. The van der Waals surface area contributed by atoms with Crippen LogP contribution in [0.4, 0.5) is 0 Å². The van der Waals surface area contributed by atoms with E-state index in [4.69, 9.17) is 0 Å². The Kier molecular flexibility index (Phi) is 3.33. The van der Waals surface area contributed by atoms with Gasteiger partial charge in [-0.25, -0.2) is 0 Å². The van der Waals surface area contributed by atoms with Gasteiger partial charge in [-0.05, 0) is 56.3 Å². The van der Waals surface area contributed by atoms with Crippen LogP contribution < -0.4 is 10.6 Å². The summed E-state index contributed by atoms with van der Waals surface area (Å²) < 4.78 is 0. The van der Waals surface area contributed by atoms with Crippen LogP contribution in [0.15, 0.2) is 41.3 Å². The van der Waals surface area contributed by atoms with Gasteiger partial charge < -0.3 is 10.6 Å². The number of fused-ring (bicyclic) bond motifs is 1. The Labute approximate surface area is 97.8 Å². The van der Waals surface area contributed by atoms with Gasteiger partial charge in [-0.2, -0.15) is 0 Å². The Morgan fingerprint density at radius 2 is 2.25 bits per heavy atom. The van der Waals surface area contributed by atoms with Crippen molar-refractivity contribution in [3.8, 4) is 0 Å². The molecule has 2 nitrogen and oxygen atoms in total. The number of hydrogen-bond acceptors (Lipinski definition) is 2. The zero-order valence-corrected chi connectivity index (χ0v) is 10.1. The van der Waals surface area contributed by atoms with E-state index >= 15 is 0 Å². The molecule has 2 rings (SSSR count). The number of hydrogen-bond donors (Lipinski definition) is 2. The molecule has 86 valence electrons. The van der Waals surface area contributed by atoms with E-state index in [0.29, 0.717) is 5.41 Å². The normalized spacial score (nSPS) is 26.9. The Morgan fingerprint density at radius 3 is 3.00 bits per heavy atom. The van der Waals surface area contributed by atoms with Crippen molar-refractivity contribution in [3.63, 3.8) is 0 Å².